The lowest BCUT2D eigenvalue weighted by molar-refractivity contribution is 0.114. The molecule has 1 aliphatic carbocycles. The molecule has 1 saturated heterocycles. The number of hydrogen-bond acceptors (Lipinski definition) is 2. The number of nitrogens with zero attached hydrogens (tertiary/aromatic N) is 1. The zero-order valence-corrected chi connectivity index (χ0v) is 10.1. The quantitative estimate of drug-likeness (QED) is 0.758. The minimum absolute atomic E-state index is 0.461. The second kappa shape index (κ2) is 5.31. The lowest BCUT2D eigenvalue weighted by atomic mass is 9.87. The Bertz CT molecular complexity index is 187. The molecule has 2 unspecified atom stereocenters. The molecule has 2 fully saturated rings. The van der Waals surface area contributed by atoms with E-state index in [1.54, 1.807) is 0 Å². The van der Waals surface area contributed by atoms with Gasteiger partial charge in [-0.1, -0.05) is 19.3 Å². The molecule has 0 amide bonds. The first-order valence-corrected chi connectivity index (χ1v) is 6.75. The van der Waals surface area contributed by atoms with E-state index in [-0.39, 0.29) is 0 Å². The summed E-state index contributed by atoms with van der Waals surface area (Å²) in [6.07, 6.45) is 9.74. The second-order valence-electron chi connectivity index (χ2n) is 5.63. The first kappa shape index (κ1) is 11.4. The Morgan fingerprint density at radius 1 is 1.13 bits per heavy atom. The summed E-state index contributed by atoms with van der Waals surface area (Å²) in [6.45, 7) is 4.93. The minimum atomic E-state index is 0.461. The molecule has 1 aliphatic heterocycles. The van der Waals surface area contributed by atoms with Gasteiger partial charge in [0.2, 0.25) is 0 Å². The molecule has 2 N–H and O–H groups in total. The highest BCUT2D eigenvalue weighted by Gasteiger charge is 2.25. The van der Waals surface area contributed by atoms with Crippen LogP contribution in [0.5, 0.6) is 0 Å². The van der Waals surface area contributed by atoms with Crippen LogP contribution < -0.4 is 5.73 Å². The number of rotatable bonds is 2. The van der Waals surface area contributed by atoms with Crippen molar-refractivity contribution in [1.29, 1.82) is 0 Å². The van der Waals surface area contributed by atoms with Crippen molar-refractivity contribution in [1.82, 2.24) is 4.90 Å². The predicted molar refractivity (Wildman–Crippen MR) is 64.8 cm³/mol. The third kappa shape index (κ3) is 3.18. The van der Waals surface area contributed by atoms with Crippen molar-refractivity contribution in [3.05, 3.63) is 0 Å². The smallest absolute Gasteiger partial charge is 0.00817 e. The van der Waals surface area contributed by atoms with Crippen LogP contribution in [0.2, 0.25) is 0 Å². The SMILES string of the molecule is CC1CC(N)CCN1CC1CCCCC1. The molecule has 2 heteroatoms. The molecular weight excluding hydrogens is 184 g/mol. The van der Waals surface area contributed by atoms with E-state index < -0.39 is 0 Å². The van der Waals surface area contributed by atoms with Crippen molar-refractivity contribution in [3.63, 3.8) is 0 Å². The molecule has 0 radical (unpaired) electrons. The Morgan fingerprint density at radius 2 is 1.87 bits per heavy atom. The van der Waals surface area contributed by atoms with Crippen molar-refractivity contribution in [2.75, 3.05) is 13.1 Å². The van der Waals surface area contributed by atoms with Crippen LogP contribution >= 0.6 is 0 Å². The maximum atomic E-state index is 5.99. The van der Waals surface area contributed by atoms with E-state index in [1.165, 1.54) is 58.0 Å². The molecule has 88 valence electrons. The first-order chi connectivity index (χ1) is 7.25. The van der Waals surface area contributed by atoms with Crippen molar-refractivity contribution >= 4 is 0 Å². The Labute approximate surface area is 94.2 Å². The monoisotopic (exact) mass is 210 g/mol. The Balaban J connectivity index is 1.77. The largest absolute Gasteiger partial charge is 0.328 e. The summed E-state index contributed by atoms with van der Waals surface area (Å²) >= 11 is 0. The van der Waals surface area contributed by atoms with Gasteiger partial charge in [0.1, 0.15) is 0 Å². The third-order valence-corrected chi connectivity index (χ3v) is 4.27. The van der Waals surface area contributed by atoms with Gasteiger partial charge in [0.15, 0.2) is 0 Å². The number of likely N-dealkylation sites (tertiary alicyclic amines) is 1. The van der Waals surface area contributed by atoms with Gasteiger partial charge in [0, 0.05) is 18.6 Å². The topological polar surface area (TPSA) is 29.3 Å². The maximum Gasteiger partial charge on any atom is 0.00817 e. The van der Waals surface area contributed by atoms with Crippen LogP contribution in [0, 0.1) is 5.92 Å². The highest BCUT2D eigenvalue weighted by molar-refractivity contribution is 4.82. The summed E-state index contributed by atoms with van der Waals surface area (Å²) in [5, 5.41) is 0. The van der Waals surface area contributed by atoms with E-state index in [0.717, 1.165) is 12.0 Å². The molecule has 0 spiro atoms. The highest BCUT2D eigenvalue weighted by atomic mass is 15.2. The van der Waals surface area contributed by atoms with Crippen molar-refractivity contribution in [3.8, 4) is 0 Å². The van der Waals surface area contributed by atoms with Crippen molar-refractivity contribution < 1.29 is 0 Å². The molecule has 1 heterocycles. The van der Waals surface area contributed by atoms with E-state index in [4.69, 9.17) is 5.73 Å². The average molecular weight is 210 g/mol. The standard InChI is InChI=1S/C13H26N2/c1-11-9-13(14)7-8-15(11)10-12-5-3-2-4-6-12/h11-13H,2-10,14H2,1H3. The van der Waals surface area contributed by atoms with Gasteiger partial charge in [-0.2, -0.15) is 0 Å². The van der Waals surface area contributed by atoms with Gasteiger partial charge in [-0.3, -0.25) is 0 Å². The fourth-order valence-corrected chi connectivity index (χ4v) is 3.23. The maximum absolute atomic E-state index is 5.99. The highest BCUT2D eigenvalue weighted by Crippen LogP contribution is 2.26. The fraction of sp³-hybridized carbons (Fsp3) is 1.00. The first-order valence-electron chi connectivity index (χ1n) is 6.75. The van der Waals surface area contributed by atoms with Gasteiger partial charge in [-0.15, -0.1) is 0 Å². The molecule has 0 aromatic carbocycles. The van der Waals surface area contributed by atoms with Crippen LogP contribution in [0.4, 0.5) is 0 Å². The Hall–Kier alpha value is -0.0800. The molecule has 0 bridgehead atoms. The fourth-order valence-electron chi connectivity index (χ4n) is 3.23. The van der Waals surface area contributed by atoms with Gasteiger partial charge < -0.3 is 10.6 Å². The molecular formula is C13H26N2. The van der Waals surface area contributed by atoms with E-state index >= 15 is 0 Å². The van der Waals surface area contributed by atoms with Crippen LogP contribution in [0.15, 0.2) is 0 Å². The molecule has 0 aromatic rings. The summed E-state index contributed by atoms with van der Waals surface area (Å²) in [4.78, 5) is 2.68. The summed E-state index contributed by atoms with van der Waals surface area (Å²) < 4.78 is 0. The Kier molecular flexibility index (Phi) is 4.04. The zero-order chi connectivity index (χ0) is 10.7. The van der Waals surface area contributed by atoms with Crippen LogP contribution in [0.1, 0.15) is 51.9 Å². The lowest BCUT2D eigenvalue weighted by Gasteiger charge is -2.39. The molecule has 2 aliphatic rings. The van der Waals surface area contributed by atoms with Gasteiger partial charge in [-0.05, 0) is 45.1 Å². The molecule has 2 rings (SSSR count). The van der Waals surface area contributed by atoms with Gasteiger partial charge in [-0.25, -0.2) is 0 Å². The van der Waals surface area contributed by atoms with E-state index in [9.17, 15) is 0 Å². The van der Waals surface area contributed by atoms with Gasteiger partial charge in [0.05, 0.1) is 0 Å². The summed E-state index contributed by atoms with van der Waals surface area (Å²) in [5.41, 5.74) is 5.99. The zero-order valence-electron chi connectivity index (χ0n) is 10.1. The number of piperidine rings is 1. The third-order valence-electron chi connectivity index (χ3n) is 4.27. The average Bonchev–Trinajstić information content (AvgIpc) is 2.24. The number of hydrogen-bond donors (Lipinski definition) is 1. The Morgan fingerprint density at radius 3 is 2.53 bits per heavy atom. The van der Waals surface area contributed by atoms with Crippen LogP contribution in [0.3, 0.4) is 0 Å². The van der Waals surface area contributed by atoms with Crippen LogP contribution in [0.25, 0.3) is 0 Å². The molecule has 15 heavy (non-hydrogen) atoms. The normalized spacial score (nSPS) is 35.6. The number of nitrogens with two attached hydrogens (primary N) is 1. The molecule has 0 aromatic heterocycles. The minimum Gasteiger partial charge on any atom is -0.328 e. The molecule has 2 nitrogen and oxygen atoms in total. The van der Waals surface area contributed by atoms with E-state index in [0.29, 0.717) is 6.04 Å². The van der Waals surface area contributed by atoms with Crippen LogP contribution in [-0.2, 0) is 0 Å². The molecule has 1 saturated carbocycles. The van der Waals surface area contributed by atoms with E-state index in [2.05, 4.69) is 11.8 Å². The summed E-state index contributed by atoms with van der Waals surface area (Å²) in [6, 6.07) is 1.18. The van der Waals surface area contributed by atoms with Gasteiger partial charge >= 0.3 is 0 Å². The lowest BCUT2D eigenvalue weighted by Crippen LogP contribution is -2.47. The summed E-state index contributed by atoms with van der Waals surface area (Å²) in [5.74, 6) is 0.982. The van der Waals surface area contributed by atoms with E-state index in [1.807, 2.05) is 0 Å². The summed E-state index contributed by atoms with van der Waals surface area (Å²) in [7, 11) is 0. The predicted octanol–water partition coefficient (Wildman–Crippen LogP) is 2.38. The molecule has 2 atom stereocenters. The van der Waals surface area contributed by atoms with Crippen LogP contribution in [-0.4, -0.2) is 30.1 Å². The van der Waals surface area contributed by atoms with Crippen molar-refractivity contribution in [2.45, 2.75) is 64.0 Å². The second-order valence-corrected chi connectivity index (χ2v) is 5.63. The van der Waals surface area contributed by atoms with Crippen molar-refractivity contribution in [2.24, 2.45) is 11.7 Å². The van der Waals surface area contributed by atoms with Gasteiger partial charge in [0.25, 0.3) is 0 Å².